The molecule has 204 valence electrons. The van der Waals surface area contributed by atoms with Gasteiger partial charge in [-0.05, 0) is 45.0 Å². The molecule has 2 heterocycles. The third-order valence-electron chi connectivity index (χ3n) is 7.11. The largest absolute Gasteiger partial charge is 0.497 e. The topological polar surface area (TPSA) is 102 Å². The first kappa shape index (κ1) is 28.9. The molecule has 0 aromatic heterocycles. The van der Waals surface area contributed by atoms with E-state index in [0.29, 0.717) is 30.3 Å². The molecular weight excluding hydrogens is 484 g/mol. The Morgan fingerprint density at radius 1 is 1.17 bits per heavy atom. The molecule has 0 bridgehead atoms. The number of hydrogen-bond acceptors (Lipinski definition) is 9. The highest BCUT2D eigenvalue weighted by atomic mass is 28.4. The molecule has 9 nitrogen and oxygen atoms in total. The standard InChI is InChI=1S/C26H42O9Si/c1-10-30-15-31-20-12-16(29-7)11-17-22(20)24(28)33-23(17)18(27)13-19-21(35-26(5,6)34-19)14-32-36(8,9)25(2,3)4/h11-12,18-19,21,23,27H,10,13-15H2,1-9H3/t18-,19-,21+,23+/m0/s1. The second kappa shape index (κ2) is 11.0. The molecule has 0 saturated carbocycles. The van der Waals surface area contributed by atoms with Gasteiger partial charge in [0.1, 0.15) is 23.2 Å². The van der Waals surface area contributed by atoms with Gasteiger partial charge in [-0.15, -0.1) is 0 Å². The van der Waals surface area contributed by atoms with Crippen molar-refractivity contribution in [1.82, 2.24) is 0 Å². The lowest BCUT2D eigenvalue weighted by atomic mass is 9.96. The highest BCUT2D eigenvalue weighted by molar-refractivity contribution is 6.74. The Labute approximate surface area is 215 Å². The first-order valence-corrected chi connectivity index (χ1v) is 15.4. The number of fused-ring (bicyclic) bond motifs is 1. The Bertz CT molecular complexity index is 925. The van der Waals surface area contributed by atoms with Crippen LogP contribution in [0.1, 0.15) is 70.0 Å². The number of carbonyl (C=O) groups excluding carboxylic acids is 1. The minimum Gasteiger partial charge on any atom is -0.497 e. The van der Waals surface area contributed by atoms with E-state index in [4.69, 9.17) is 32.8 Å². The maximum Gasteiger partial charge on any atom is 0.343 e. The van der Waals surface area contributed by atoms with Crippen LogP contribution in [0.2, 0.25) is 18.1 Å². The highest BCUT2D eigenvalue weighted by Gasteiger charge is 2.47. The minimum absolute atomic E-state index is 0.0190. The molecule has 1 fully saturated rings. The molecule has 4 atom stereocenters. The second-order valence-corrected chi connectivity index (χ2v) is 16.1. The Morgan fingerprint density at radius 2 is 1.83 bits per heavy atom. The number of ether oxygens (including phenoxy) is 6. The van der Waals surface area contributed by atoms with E-state index in [0.717, 1.165) is 0 Å². The van der Waals surface area contributed by atoms with Crippen LogP contribution in [0.4, 0.5) is 0 Å². The Morgan fingerprint density at radius 3 is 2.44 bits per heavy atom. The van der Waals surface area contributed by atoms with Crippen molar-refractivity contribution in [3.8, 4) is 11.5 Å². The van der Waals surface area contributed by atoms with Gasteiger partial charge < -0.3 is 38.0 Å². The number of benzene rings is 1. The smallest absolute Gasteiger partial charge is 0.343 e. The first-order valence-electron chi connectivity index (χ1n) is 12.5. The number of carbonyl (C=O) groups is 1. The lowest BCUT2D eigenvalue weighted by molar-refractivity contribution is -0.151. The molecular formula is C26H42O9Si. The molecule has 0 aliphatic carbocycles. The molecule has 0 amide bonds. The number of aliphatic hydroxyl groups excluding tert-OH is 1. The molecule has 10 heteroatoms. The third kappa shape index (κ3) is 6.41. The van der Waals surface area contributed by atoms with Crippen LogP contribution in [0.5, 0.6) is 11.5 Å². The van der Waals surface area contributed by atoms with Crippen molar-refractivity contribution in [1.29, 1.82) is 0 Å². The fraction of sp³-hybridized carbons (Fsp3) is 0.731. The number of esters is 1. The second-order valence-electron chi connectivity index (χ2n) is 11.3. The summed E-state index contributed by atoms with van der Waals surface area (Å²) in [7, 11) is -0.483. The summed E-state index contributed by atoms with van der Waals surface area (Å²) >= 11 is 0. The fourth-order valence-electron chi connectivity index (χ4n) is 4.12. The molecule has 3 rings (SSSR count). The lowest BCUT2D eigenvalue weighted by Gasteiger charge is -2.37. The summed E-state index contributed by atoms with van der Waals surface area (Å²) in [5.41, 5.74) is 0.770. The molecule has 1 aromatic carbocycles. The van der Waals surface area contributed by atoms with Crippen molar-refractivity contribution < 1.29 is 42.7 Å². The van der Waals surface area contributed by atoms with Gasteiger partial charge in [-0.1, -0.05) is 20.8 Å². The van der Waals surface area contributed by atoms with Crippen molar-refractivity contribution in [2.45, 2.75) is 96.3 Å². The maximum absolute atomic E-state index is 12.8. The van der Waals surface area contributed by atoms with Gasteiger partial charge in [-0.3, -0.25) is 0 Å². The normalized spacial score (nSPS) is 24.4. The molecule has 0 unspecified atom stereocenters. The maximum atomic E-state index is 12.8. The SMILES string of the molecule is CCOCOc1cc(OC)cc2c1C(=O)O[C@H]2[C@@H](O)C[C@@H]1OC(C)(C)O[C@@H]1CO[Si](C)(C)C(C)(C)C. The van der Waals surface area contributed by atoms with Gasteiger partial charge in [0.25, 0.3) is 0 Å². The zero-order valence-corrected chi connectivity index (χ0v) is 24.0. The van der Waals surface area contributed by atoms with Crippen molar-refractivity contribution in [2.24, 2.45) is 0 Å². The highest BCUT2D eigenvalue weighted by Crippen LogP contribution is 2.43. The van der Waals surface area contributed by atoms with Crippen LogP contribution in [0.25, 0.3) is 0 Å². The van der Waals surface area contributed by atoms with E-state index in [2.05, 4.69) is 33.9 Å². The lowest BCUT2D eigenvalue weighted by Crippen LogP contribution is -2.44. The number of hydrogen-bond donors (Lipinski definition) is 1. The van der Waals surface area contributed by atoms with Gasteiger partial charge in [-0.25, -0.2) is 4.79 Å². The molecule has 0 radical (unpaired) electrons. The van der Waals surface area contributed by atoms with Crippen molar-refractivity contribution in [2.75, 3.05) is 27.1 Å². The Kier molecular flexibility index (Phi) is 8.79. The summed E-state index contributed by atoms with van der Waals surface area (Å²) in [5.74, 6) is -0.609. The molecule has 1 saturated heterocycles. The van der Waals surface area contributed by atoms with Gasteiger partial charge >= 0.3 is 5.97 Å². The van der Waals surface area contributed by atoms with E-state index in [1.54, 1.807) is 12.1 Å². The van der Waals surface area contributed by atoms with Crippen LogP contribution < -0.4 is 9.47 Å². The van der Waals surface area contributed by atoms with E-state index in [1.807, 2.05) is 20.8 Å². The predicted molar refractivity (Wildman–Crippen MR) is 136 cm³/mol. The average Bonchev–Trinajstić information content (AvgIpc) is 3.26. The molecule has 1 aromatic rings. The quantitative estimate of drug-likeness (QED) is 0.192. The van der Waals surface area contributed by atoms with E-state index in [9.17, 15) is 9.90 Å². The van der Waals surface area contributed by atoms with Crippen LogP contribution >= 0.6 is 0 Å². The Balaban J connectivity index is 1.78. The minimum atomic E-state index is -2.01. The van der Waals surface area contributed by atoms with E-state index < -0.39 is 38.4 Å². The van der Waals surface area contributed by atoms with Crippen LogP contribution in [0.3, 0.4) is 0 Å². The third-order valence-corrected chi connectivity index (χ3v) is 11.6. The number of aliphatic hydroxyl groups is 1. The molecule has 2 aliphatic heterocycles. The summed E-state index contributed by atoms with van der Waals surface area (Å²) in [6, 6.07) is 3.30. The van der Waals surface area contributed by atoms with Crippen LogP contribution in [0, 0.1) is 0 Å². The number of methoxy groups -OCH3 is 1. The molecule has 36 heavy (non-hydrogen) atoms. The van der Waals surface area contributed by atoms with Crippen LogP contribution in [-0.2, 0) is 23.4 Å². The number of cyclic esters (lactones) is 1. The average molecular weight is 527 g/mol. The van der Waals surface area contributed by atoms with Gasteiger partial charge in [0.2, 0.25) is 0 Å². The van der Waals surface area contributed by atoms with Crippen molar-refractivity contribution in [3.05, 3.63) is 23.3 Å². The summed E-state index contributed by atoms with van der Waals surface area (Å²) in [6.45, 7) is 17.3. The first-order chi connectivity index (χ1) is 16.7. The summed E-state index contributed by atoms with van der Waals surface area (Å²) in [4.78, 5) is 12.8. The van der Waals surface area contributed by atoms with Gasteiger partial charge in [0.05, 0.1) is 25.9 Å². The van der Waals surface area contributed by atoms with Gasteiger partial charge in [-0.2, -0.15) is 0 Å². The Hall–Kier alpha value is -1.69. The van der Waals surface area contributed by atoms with Gasteiger partial charge in [0.15, 0.2) is 27.0 Å². The van der Waals surface area contributed by atoms with Crippen molar-refractivity contribution in [3.63, 3.8) is 0 Å². The van der Waals surface area contributed by atoms with Crippen LogP contribution in [-0.4, -0.2) is 70.6 Å². The van der Waals surface area contributed by atoms with Gasteiger partial charge in [0, 0.05) is 24.7 Å². The summed E-state index contributed by atoms with van der Waals surface area (Å²) in [5, 5.41) is 11.3. The zero-order chi connectivity index (χ0) is 26.9. The summed E-state index contributed by atoms with van der Waals surface area (Å²) in [6.07, 6.45) is -2.55. The molecule has 2 aliphatic rings. The predicted octanol–water partition coefficient (Wildman–Crippen LogP) is 4.57. The van der Waals surface area contributed by atoms with E-state index in [-0.39, 0.29) is 29.9 Å². The van der Waals surface area contributed by atoms with E-state index >= 15 is 0 Å². The molecule has 1 N–H and O–H groups in total. The van der Waals surface area contributed by atoms with Crippen LogP contribution in [0.15, 0.2) is 12.1 Å². The summed E-state index contributed by atoms with van der Waals surface area (Å²) < 4.78 is 40.6. The van der Waals surface area contributed by atoms with Crippen molar-refractivity contribution >= 4 is 14.3 Å². The molecule has 0 spiro atoms. The monoisotopic (exact) mass is 526 g/mol. The fourth-order valence-corrected chi connectivity index (χ4v) is 5.13. The number of rotatable bonds is 11. The van der Waals surface area contributed by atoms with E-state index in [1.165, 1.54) is 7.11 Å². The zero-order valence-electron chi connectivity index (χ0n) is 23.0.